The molecule has 24 heavy (non-hydrogen) atoms. The number of nitrogens with zero attached hydrogens (tertiary/aromatic N) is 1. The number of alkyl halides is 3. The molecule has 1 fully saturated rings. The van der Waals surface area contributed by atoms with Crippen LogP contribution in [0.25, 0.3) is 0 Å². The van der Waals surface area contributed by atoms with Crippen molar-refractivity contribution < 1.29 is 32.3 Å². The van der Waals surface area contributed by atoms with Crippen LogP contribution in [0.15, 0.2) is 30.3 Å². The van der Waals surface area contributed by atoms with E-state index in [2.05, 4.69) is 5.48 Å². The van der Waals surface area contributed by atoms with Crippen molar-refractivity contribution in [3.8, 4) is 5.75 Å². The maximum Gasteiger partial charge on any atom is 0.471 e. The maximum atomic E-state index is 12.5. The highest BCUT2D eigenvalue weighted by Crippen LogP contribution is 2.25. The molecule has 1 heterocycles. The van der Waals surface area contributed by atoms with Crippen LogP contribution in [0.4, 0.5) is 13.2 Å². The zero-order valence-electron chi connectivity index (χ0n) is 12.7. The summed E-state index contributed by atoms with van der Waals surface area (Å²) in [4.78, 5) is 28.6. The van der Waals surface area contributed by atoms with Crippen LogP contribution in [0.2, 0.25) is 0 Å². The molecule has 0 spiro atoms. The molecule has 0 bridgehead atoms. The van der Waals surface area contributed by atoms with Crippen molar-refractivity contribution >= 4 is 11.8 Å². The van der Waals surface area contributed by atoms with E-state index in [0.29, 0.717) is 17.1 Å². The lowest BCUT2D eigenvalue weighted by Gasteiger charge is -2.24. The molecule has 1 unspecified atom stereocenters. The zero-order chi connectivity index (χ0) is 17.6. The number of carbonyl (C=O) groups is 2. The Bertz CT molecular complexity index is 566. The van der Waals surface area contributed by atoms with Gasteiger partial charge in [-0.15, -0.1) is 0 Å². The maximum absolute atomic E-state index is 12.5. The van der Waals surface area contributed by atoms with E-state index >= 15 is 0 Å². The highest BCUT2D eigenvalue weighted by molar-refractivity contribution is 5.90. The quantitative estimate of drug-likeness (QED) is 0.628. The third-order valence-electron chi connectivity index (χ3n) is 3.43. The van der Waals surface area contributed by atoms with Crippen LogP contribution in [0.3, 0.4) is 0 Å². The Hall–Kier alpha value is -2.29. The molecule has 1 atom stereocenters. The highest BCUT2D eigenvalue weighted by Gasteiger charge is 2.47. The van der Waals surface area contributed by atoms with Crippen LogP contribution in [-0.2, 0) is 14.4 Å². The third-order valence-corrected chi connectivity index (χ3v) is 3.43. The first-order valence-electron chi connectivity index (χ1n) is 7.37. The van der Waals surface area contributed by atoms with Crippen molar-refractivity contribution in [3.05, 3.63) is 30.3 Å². The van der Waals surface area contributed by atoms with Crippen molar-refractivity contribution in [1.29, 1.82) is 0 Å². The molecule has 0 saturated carbocycles. The predicted octanol–water partition coefficient (Wildman–Crippen LogP) is 1.67. The summed E-state index contributed by atoms with van der Waals surface area (Å²) in [5, 5.41) is 0. The molecule has 1 aliphatic heterocycles. The minimum atomic E-state index is -4.99. The highest BCUT2D eigenvalue weighted by atomic mass is 19.4. The van der Waals surface area contributed by atoms with Gasteiger partial charge in [0, 0.05) is 6.54 Å². The Balaban J connectivity index is 1.72. The van der Waals surface area contributed by atoms with Crippen molar-refractivity contribution in [2.45, 2.75) is 25.1 Å². The monoisotopic (exact) mass is 346 g/mol. The first-order valence-corrected chi connectivity index (χ1v) is 7.37. The second kappa shape index (κ2) is 8.00. The fourth-order valence-electron chi connectivity index (χ4n) is 2.35. The minimum Gasteiger partial charge on any atom is -0.491 e. The standard InChI is InChI=1S/C15H17F3N2O4/c16-15(17,18)14(22)20-8-4-7-12(20)13(21)19-24-10-9-23-11-5-2-1-3-6-11/h1-3,5-6,12H,4,7-10H2,(H,19,21). The van der Waals surface area contributed by atoms with E-state index in [1.807, 2.05) is 6.07 Å². The summed E-state index contributed by atoms with van der Waals surface area (Å²) in [6.45, 7) is 0.0638. The Kier molecular flexibility index (Phi) is 6.02. The van der Waals surface area contributed by atoms with E-state index in [1.54, 1.807) is 24.3 Å². The Morgan fingerprint density at radius 2 is 1.92 bits per heavy atom. The summed E-state index contributed by atoms with van der Waals surface area (Å²) in [5.74, 6) is -2.15. The average Bonchev–Trinajstić information content (AvgIpc) is 3.03. The van der Waals surface area contributed by atoms with Crippen molar-refractivity contribution in [2.75, 3.05) is 19.8 Å². The van der Waals surface area contributed by atoms with Crippen LogP contribution < -0.4 is 10.2 Å². The topological polar surface area (TPSA) is 67.9 Å². The molecule has 2 rings (SSSR count). The van der Waals surface area contributed by atoms with Gasteiger partial charge in [-0.1, -0.05) is 18.2 Å². The molecular formula is C15H17F3N2O4. The molecule has 1 aliphatic rings. The number of rotatable bonds is 6. The Morgan fingerprint density at radius 3 is 2.58 bits per heavy atom. The first kappa shape index (κ1) is 18.1. The van der Waals surface area contributed by atoms with Gasteiger partial charge in [0.15, 0.2) is 0 Å². The van der Waals surface area contributed by atoms with E-state index in [4.69, 9.17) is 9.57 Å². The summed E-state index contributed by atoms with van der Waals surface area (Å²) >= 11 is 0. The van der Waals surface area contributed by atoms with Gasteiger partial charge >= 0.3 is 12.1 Å². The van der Waals surface area contributed by atoms with Gasteiger partial charge in [-0.3, -0.25) is 14.4 Å². The number of para-hydroxylation sites is 1. The lowest BCUT2D eigenvalue weighted by atomic mass is 10.2. The second-order valence-corrected chi connectivity index (χ2v) is 5.13. The predicted molar refractivity (Wildman–Crippen MR) is 76.8 cm³/mol. The average molecular weight is 346 g/mol. The largest absolute Gasteiger partial charge is 0.491 e. The van der Waals surface area contributed by atoms with Gasteiger partial charge in [-0.2, -0.15) is 13.2 Å². The fraction of sp³-hybridized carbons (Fsp3) is 0.467. The number of hydrogen-bond donors (Lipinski definition) is 1. The summed E-state index contributed by atoms with van der Waals surface area (Å²) in [6, 6.07) is 7.75. The fourth-order valence-corrected chi connectivity index (χ4v) is 2.35. The number of hydroxylamine groups is 1. The van der Waals surface area contributed by atoms with Crippen LogP contribution in [0.1, 0.15) is 12.8 Å². The number of nitrogens with one attached hydrogen (secondary N) is 1. The molecule has 1 saturated heterocycles. The van der Waals surface area contributed by atoms with E-state index in [0.717, 1.165) is 0 Å². The second-order valence-electron chi connectivity index (χ2n) is 5.13. The zero-order valence-corrected chi connectivity index (χ0v) is 12.7. The summed E-state index contributed by atoms with van der Waals surface area (Å²) in [7, 11) is 0. The summed E-state index contributed by atoms with van der Waals surface area (Å²) < 4.78 is 42.8. The van der Waals surface area contributed by atoms with E-state index in [9.17, 15) is 22.8 Å². The molecule has 2 amide bonds. The number of carbonyl (C=O) groups excluding carboxylic acids is 2. The van der Waals surface area contributed by atoms with Gasteiger partial charge < -0.3 is 9.64 Å². The molecule has 0 aromatic heterocycles. The number of halogens is 3. The SMILES string of the molecule is O=C(NOCCOc1ccccc1)C1CCCN1C(=O)C(F)(F)F. The number of hydrogen-bond acceptors (Lipinski definition) is 4. The lowest BCUT2D eigenvalue weighted by Crippen LogP contribution is -2.50. The number of amides is 2. The van der Waals surface area contributed by atoms with Crippen LogP contribution in [0, 0.1) is 0 Å². The van der Waals surface area contributed by atoms with Gasteiger partial charge in [-0.05, 0) is 25.0 Å². The molecule has 6 nitrogen and oxygen atoms in total. The molecule has 1 aromatic carbocycles. The van der Waals surface area contributed by atoms with Gasteiger partial charge in [0.2, 0.25) is 0 Å². The molecule has 9 heteroatoms. The van der Waals surface area contributed by atoms with E-state index < -0.39 is 24.0 Å². The van der Waals surface area contributed by atoms with Crippen LogP contribution >= 0.6 is 0 Å². The molecular weight excluding hydrogens is 329 g/mol. The number of benzene rings is 1. The van der Waals surface area contributed by atoms with Gasteiger partial charge in [0.25, 0.3) is 5.91 Å². The summed E-state index contributed by atoms with van der Waals surface area (Å²) in [6.07, 6.45) is -4.50. The first-order chi connectivity index (χ1) is 11.4. The number of ether oxygens (including phenoxy) is 1. The van der Waals surface area contributed by atoms with Gasteiger partial charge in [0.05, 0.1) is 0 Å². The minimum absolute atomic E-state index is 0.0145. The lowest BCUT2D eigenvalue weighted by molar-refractivity contribution is -0.187. The molecule has 1 aromatic rings. The van der Waals surface area contributed by atoms with Crippen molar-refractivity contribution in [2.24, 2.45) is 0 Å². The van der Waals surface area contributed by atoms with Gasteiger partial charge in [-0.25, -0.2) is 5.48 Å². The Morgan fingerprint density at radius 1 is 1.21 bits per heavy atom. The van der Waals surface area contributed by atoms with E-state index in [1.165, 1.54) is 0 Å². The molecule has 1 N–H and O–H groups in total. The summed E-state index contributed by atoms with van der Waals surface area (Å²) in [5.41, 5.74) is 2.07. The van der Waals surface area contributed by atoms with E-state index in [-0.39, 0.29) is 26.2 Å². The molecule has 132 valence electrons. The van der Waals surface area contributed by atoms with Crippen LogP contribution in [0.5, 0.6) is 5.75 Å². The smallest absolute Gasteiger partial charge is 0.471 e. The number of likely N-dealkylation sites (tertiary alicyclic amines) is 1. The molecule has 0 radical (unpaired) electrons. The normalized spacial score (nSPS) is 17.6. The van der Waals surface area contributed by atoms with Crippen molar-refractivity contribution in [1.82, 2.24) is 10.4 Å². The Labute approximate surface area is 136 Å². The molecule has 0 aliphatic carbocycles. The third kappa shape index (κ3) is 4.85. The van der Waals surface area contributed by atoms with Crippen LogP contribution in [-0.4, -0.2) is 48.7 Å². The van der Waals surface area contributed by atoms with Crippen molar-refractivity contribution in [3.63, 3.8) is 0 Å². The van der Waals surface area contributed by atoms with Gasteiger partial charge in [0.1, 0.15) is 25.0 Å².